The summed E-state index contributed by atoms with van der Waals surface area (Å²) in [6.45, 7) is 3.39. The summed E-state index contributed by atoms with van der Waals surface area (Å²) in [7, 11) is -3.80. The van der Waals surface area contributed by atoms with Crippen LogP contribution < -0.4 is 4.74 Å². The van der Waals surface area contributed by atoms with Gasteiger partial charge in [0.2, 0.25) is 0 Å². The molecule has 0 aromatic heterocycles. The summed E-state index contributed by atoms with van der Waals surface area (Å²) in [4.78, 5) is 11.7. The number of ether oxygens (including phenoxy) is 1. The Morgan fingerprint density at radius 2 is 1.71 bits per heavy atom. The summed E-state index contributed by atoms with van der Waals surface area (Å²) in [6.07, 6.45) is -0.770. The van der Waals surface area contributed by atoms with E-state index in [-0.39, 0.29) is 12.2 Å². The van der Waals surface area contributed by atoms with Crippen LogP contribution in [0, 0.1) is 0 Å². The Morgan fingerprint density at radius 1 is 1.18 bits per heavy atom. The first-order valence-corrected chi connectivity index (χ1v) is 6.80. The summed E-state index contributed by atoms with van der Waals surface area (Å²) in [5.41, 5.74) is -0.972. The molecular formula is C11H13O5P. The van der Waals surface area contributed by atoms with Crippen molar-refractivity contribution in [1.82, 2.24) is 0 Å². The van der Waals surface area contributed by atoms with Gasteiger partial charge in [-0.2, -0.15) is 0 Å². The molecule has 1 aromatic carbocycles. The zero-order chi connectivity index (χ0) is 12.5. The summed E-state index contributed by atoms with van der Waals surface area (Å²) in [6, 6.07) is 8.38. The van der Waals surface area contributed by atoms with E-state index < -0.39 is 13.3 Å². The highest BCUT2D eigenvalue weighted by Crippen LogP contribution is 2.57. The highest BCUT2D eigenvalue weighted by molar-refractivity contribution is 7.71. The predicted molar refractivity (Wildman–Crippen MR) is 61.2 cm³/mol. The molecule has 0 amide bonds. The van der Waals surface area contributed by atoms with Crippen LogP contribution in [0.1, 0.15) is 13.8 Å². The third-order valence-corrected chi connectivity index (χ3v) is 4.20. The molecule has 1 heterocycles. The number of hydrogen-bond acceptors (Lipinski definition) is 5. The highest BCUT2D eigenvalue weighted by Gasteiger charge is 2.48. The van der Waals surface area contributed by atoms with Crippen LogP contribution >= 0.6 is 7.60 Å². The van der Waals surface area contributed by atoms with Crippen molar-refractivity contribution >= 4 is 13.3 Å². The number of para-hydroxylation sites is 1. The minimum atomic E-state index is -3.80. The molecule has 1 fully saturated rings. The second kappa shape index (κ2) is 4.61. The normalized spacial score (nSPS) is 32.4. The van der Waals surface area contributed by atoms with E-state index in [9.17, 15) is 9.36 Å². The zero-order valence-corrected chi connectivity index (χ0v) is 10.4. The Balaban J connectivity index is 2.09. The monoisotopic (exact) mass is 256 g/mol. The van der Waals surface area contributed by atoms with Crippen LogP contribution in [0.5, 0.6) is 5.75 Å². The second-order valence-corrected chi connectivity index (χ2v) is 5.58. The number of carbonyl (C=O) groups is 1. The fraction of sp³-hybridized carbons (Fsp3) is 0.364. The van der Waals surface area contributed by atoms with Crippen molar-refractivity contribution in [2.24, 2.45) is 0 Å². The Morgan fingerprint density at radius 3 is 2.24 bits per heavy atom. The fourth-order valence-corrected chi connectivity index (χ4v) is 3.02. The van der Waals surface area contributed by atoms with Crippen molar-refractivity contribution in [3.8, 4) is 5.75 Å². The summed E-state index contributed by atoms with van der Waals surface area (Å²) >= 11 is 0. The zero-order valence-electron chi connectivity index (χ0n) is 9.53. The average Bonchev–Trinajstić information content (AvgIpc) is 2.55. The molecule has 1 aromatic rings. The van der Waals surface area contributed by atoms with E-state index >= 15 is 0 Å². The van der Waals surface area contributed by atoms with Crippen molar-refractivity contribution in [2.75, 3.05) is 0 Å². The summed E-state index contributed by atoms with van der Waals surface area (Å²) < 4.78 is 27.1. The van der Waals surface area contributed by atoms with Crippen LogP contribution in [0.4, 0.5) is 4.79 Å². The molecule has 1 aliphatic rings. The van der Waals surface area contributed by atoms with Crippen molar-refractivity contribution in [2.45, 2.75) is 26.1 Å². The first kappa shape index (κ1) is 12.3. The molecule has 17 heavy (non-hydrogen) atoms. The molecule has 2 unspecified atom stereocenters. The van der Waals surface area contributed by atoms with Gasteiger partial charge in [0, 0.05) is 0 Å². The van der Waals surface area contributed by atoms with E-state index in [1.165, 1.54) is 0 Å². The highest BCUT2D eigenvalue weighted by atomic mass is 31.2. The first-order valence-electron chi connectivity index (χ1n) is 5.25. The number of carbonyl (C=O) groups excluding carboxylic acids is 1. The van der Waals surface area contributed by atoms with Gasteiger partial charge in [0.05, 0.1) is 12.2 Å². The molecule has 0 N–H and O–H groups in total. The molecule has 0 radical (unpaired) electrons. The van der Waals surface area contributed by atoms with E-state index in [1.807, 2.05) is 0 Å². The predicted octanol–water partition coefficient (Wildman–Crippen LogP) is 3.20. The molecule has 1 saturated heterocycles. The largest absolute Gasteiger partial charge is 0.439 e. The van der Waals surface area contributed by atoms with Crippen molar-refractivity contribution < 1.29 is 23.1 Å². The Kier molecular flexibility index (Phi) is 3.33. The molecule has 92 valence electrons. The molecule has 0 saturated carbocycles. The maximum absolute atomic E-state index is 12.0. The van der Waals surface area contributed by atoms with E-state index in [0.29, 0.717) is 5.75 Å². The minimum Gasteiger partial charge on any atom is -0.417 e. The Labute approximate surface area is 99.2 Å². The van der Waals surface area contributed by atoms with Gasteiger partial charge in [-0.05, 0) is 26.0 Å². The lowest BCUT2D eigenvalue weighted by Gasteiger charge is -2.09. The van der Waals surface area contributed by atoms with Gasteiger partial charge in [-0.3, -0.25) is 9.05 Å². The third-order valence-electron chi connectivity index (χ3n) is 2.44. The number of benzene rings is 1. The molecule has 6 heteroatoms. The van der Waals surface area contributed by atoms with Gasteiger partial charge < -0.3 is 4.74 Å². The van der Waals surface area contributed by atoms with Crippen LogP contribution in [-0.4, -0.2) is 17.9 Å². The molecule has 0 spiro atoms. The number of rotatable bonds is 2. The maximum Gasteiger partial charge on any atom is 0.439 e. The molecular weight excluding hydrogens is 243 g/mol. The minimum absolute atomic E-state index is 0.312. The Hall–Kier alpha value is -1.16. The van der Waals surface area contributed by atoms with Gasteiger partial charge >= 0.3 is 13.3 Å². The van der Waals surface area contributed by atoms with E-state index in [4.69, 9.17) is 13.8 Å². The average molecular weight is 256 g/mol. The summed E-state index contributed by atoms with van der Waals surface area (Å²) in [5.74, 6) is 0.312. The van der Waals surface area contributed by atoms with Crippen molar-refractivity contribution in [3.63, 3.8) is 0 Å². The first-order chi connectivity index (χ1) is 8.01. The second-order valence-electron chi connectivity index (χ2n) is 3.80. The number of hydrogen-bond donors (Lipinski definition) is 0. The molecule has 0 aliphatic carbocycles. The lowest BCUT2D eigenvalue weighted by atomic mass is 10.3. The van der Waals surface area contributed by atoms with Crippen molar-refractivity contribution in [3.05, 3.63) is 30.3 Å². The van der Waals surface area contributed by atoms with Gasteiger partial charge in [-0.25, -0.2) is 9.36 Å². The lowest BCUT2D eigenvalue weighted by Crippen LogP contribution is -2.13. The topological polar surface area (TPSA) is 61.8 Å². The van der Waals surface area contributed by atoms with Gasteiger partial charge in [0.25, 0.3) is 0 Å². The SMILES string of the molecule is CC1OP(=O)(C(=O)Oc2ccccc2)OC1C. The van der Waals surface area contributed by atoms with E-state index in [1.54, 1.807) is 44.2 Å². The fourth-order valence-electron chi connectivity index (χ4n) is 1.37. The molecule has 1 aliphatic heterocycles. The maximum atomic E-state index is 12.0. The Bertz CT molecular complexity index is 444. The third kappa shape index (κ3) is 2.57. The van der Waals surface area contributed by atoms with E-state index in [0.717, 1.165) is 0 Å². The standard InChI is InChI=1S/C11H13O5P/c1-8-9(2)16-17(13,15-8)11(12)14-10-6-4-3-5-7-10/h3-9H,1-2H3. The van der Waals surface area contributed by atoms with Crippen LogP contribution in [0.15, 0.2) is 30.3 Å². The molecule has 0 bridgehead atoms. The van der Waals surface area contributed by atoms with Gasteiger partial charge in [-0.1, -0.05) is 18.2 Å². The quantitative estimate of drug-likeness (QED) is 0.760. The van der Waals surface area contributed by atoms with Crippen LogP contribution in [0.25, 0.3) is 0 Å². The molecule has 2 rings (SSSR count). The van der Waals surface area contributed by atoms with Gasteiger partial charge in [-0.15, -0.1) is 0 Å². The van der Waals surface area contributed by atoms with Crippen LogP contribution in [0.2, 0.25) is 0 Å². The molecule has 2 atom stereocenters. The van der Waals surface area contributed by atoms with Crippen LogP contribution in [-0.2, 0) is 13.6 Å². The van der Waals surface area contributed by atoms with Crippen molar-refractivity contribution in [1.29, 1.82) is 0 Å². The smallest absolute Gasteiger partial charge is 0.417 e. The van der Waals surface area contributed by atoms with Gasteiger partial charge in [0.1, 0.15) is 5.75 Å². The molecule has 5 nitrogen and oxygen atoms in total. The summed E-state index contributed by atoms with van der Waals surface area (Å²) in [5, 5.41) is 0. The van der Waals surface area contributed by atoms with Crippen LogP contribution in [0.3, 0.4) is 0 Å². The lowest BCUT2D eigenvalue weighted by molar-refractivity contribution is 0.187. The van der Waals surface area contributed by atoms with E-state index in [2.05, 4.69) is 0 Å². The van der Waals surface area contributed by atoms with Gasteiger partial charge in [0.15, 0.2) is 0 Å².